The molecule has 0 aliphatic carbocycles. The third-order valence-electron chi connectivity index (χ3n) is 3.22. The van der Waals surface area contributed by atoms with E-state index in [0.29, 0.717) is 5.75 Å². The van der Waals surface area contributed by atoms with Crippen LogP contribution in [0.1, 0.15) is 32.3 Å². The molecule has 90 valence electrons. The van der Waals surface area contributed by atoms with Crippen LogP contribution in [-0.2, 0) is 6.42 Å². The van der Waals surface area contributed by atoms with Gasteiger partial charge in [-0.3, -0.25) is 0 Å². The van der Waals surface area contributed by atoms with Crippen LogP contribution in [0.3, 0.4) is 0 Å². The largest absolute Gasteiger partial charge is 0.508 e. The lowest BCUT2D eigenvalue weighted by atomic mass is 9.97. The van der Waals surface area contributed by atoms with E-state index in [4.69, 9.17) is 0 Å². The zero-order valence-electron chi connectivity index (χ0n) is 10.6. The van der Waals surface area contributed by atoms with Crippen LogP contribution in [0.15, 0.2) is 36.4 Å². The molecule has 0 fully saturated rings. The Labute approximate surface area is 103 Å². The third kappa shape index (κ3) is 2.79. The second kappa shape index (κ2) is 5.22. The van der Waals surface area contributed by atoms with Crippen LogP contribution in [0.4, 0.5) is 0 Å². The van der Waals surface area contributed by atoms with Crippen molar-refractivity contribution in [2.24, 2.45) is 5.92 Å². The quantitative estimate of drug-likeness (QED) is 0.815. The van der Waals surface area contributed by atoms with Crippen LogP contribution in [0.2, 0.25) is 0 Å². The molecule has 0 bridgehead atoms. The van der Waals surface area contributed by atoms with Crippen LogP contribution in [-0.4, -0.2) is 5.11 Å². The minimum atomic E-state index is 0.437. The number of aryl methyl sites for hydroxylation is 1. The lowest BCUT2D eigenvalue weighted by Crippen LogP contribution is -1.92. The number of rotatable bonds is 4. The highest BCUT2D eigenvalue weighted by Crippen LogP contribution is 2.28. The molecular weight excluding hydrogens is 208 g/mol. The van der Waals surface area contributed by atoms with Gasteiger partial charge in [0.1, 0.15) is 5.75 Å². The van der Waals surface area contributed by atoms with E-state index in [-0.39, 0.29) is 0 Å². The number of phenols is 1. The SMILES string of the molecule is CC(C)CCCc1c(O)ccc2ccccc12. The summed E-state index contributed by atoms with van der Waals surface area (Å²) in [6, 6.07) is 12.1. The summed E-state index contributed by atoms with van der Waals surface area (Å²) in [5, 5.41) is 12.4. The van der Waals surface area contributed by atoms with Crippen molar-refractivity contribution in [3.05, 3.63) is 42.0 Å². The Hall–Kier alpha value is -1.50. The Kier molecular flexibility index (Phi) is 3.68. The van der Waals surface area contributed by atoms with Gasteiger partial charge < -0.3 is 5.11 Å². The fraction of sp³-hybridized carbons (Fsp3) is 0.375. The van der Waals surface area contributed by atoms with Crippen molar-refractivity contribution < 1.29 is 5.11 Å². The minimum absolute atomic E-state index is 0.437. The van der Waals surface area contributed by atoms with Crippen LogP contribution >= 0.6 is 0 Å². The number of phenolic OH excluding ortho intramolecular Hbond substituents is 1. The molecule has 0 heterocycles. The molecule has 0 amide bonds. The summed E-state index contributed by atoms with van der Waals surface area (Å²) in [6.45, 7) is 4.48. The minimum Gasteiger partial charge on any atom is -0.508 e. The molecular formula is C16H20O. The molecule has 0 aromatic heterocycles. The van der Waals surface area contributed by atoms with Gasteiger partial charge in [-0.05, 0) is 35.6 Å². The van der Waals surface area contributed by atoms with Crippen molar-refractivity contribution in [2.45, 2.75) is 33.1 Å². The summed E-state index contributed by atoms with van der Waals surface area (Å²) >= 11 is 0. The maximum Gasteiger partial charge on any atom is 0.119 e. The van der Waals surface area contributed by atoms with Gasteiger partial charge in [-0.1, -0.05) is 50.6 Å². The van der Waals surface area contributed by atoms with Crippen molar-refractivity contribution in [2.75, 3.05) is 0 Å². The fourth-order valence-corrected chi connectivity index (χ4v) is 2.27. The van der Waals surface area contributed by atoms with Gasteiger partial charge in [0.25, 0.3) is 0 Å². The average Bonchev–Trinajstić information content (AvgIpc) is 2.32. The summed E-state index contributed by atoms with van der Waals surface area (Å²) in [5.41, 5.74) is 1.10. The summed E-state index contributed by atoms with van der Waals surface area (Å²) in [5.74, 6) is 1.17. The normalized spacial score (nSPS) is 11.2. The van der Waals surface area contributed by atoms with E-state index in [1.807, 2.05) is 24.3 Å². The summed E-state index contributed by atoms with van der Waals surface area (Å²) in [4.78, 5) is 0. The molecule has 0 spiro atoms. The Morgan fingerprint density at radius 3 is 2.59 bits per heavy atom. The molecule has 0 aliphatic rings. The third-order valence-corrected chi connectivity index (χ3v) is 3.22. The molecule has 2 rings (SSSR count). The fourth-order valence-electron chi connectivity index (χ4n) is 2.27. The summed E-state index contributed by atoms with van der Waals surface area (Å²) in [6.07, 6.45) is 3.31. The first-order chi connectivity index (χ1) is 8.18. The Balaban J connectivity index is 2.28. The molecule has 2 aromatic rings. The molecule has 1 heteroatoms. The van der Waals surface area contributed by atoms with Gasteiger partial charge in [-0.25, -0.2) is 0 Å². The number of hydrogen-bond donors (Lipinski definition) is 1. The van der Waals surface area contributed by atoms with Crippen molar-refractivity contribution in [1.29, 1.82) is 0 Å². The number of benzene rings is 2. The predicted octanol–water partition coefficient (Wildman–Crippen LogP) is 4.52. The van der Waals surface area contributed by atoms with Crippen LogP contribution in [0.5, 0.6) is 5.75 Å². The van der Waals surface area contributed by atoms with E-state index in [2.05, 4.69) is 26.0 Å². The molecule has 1 N–H and O–H groups in total. The molecule has 0 saturated carbocycles. The van der Waals surface area contributed by atoms with Gasteiger partial charge in [0, 0.05) is 5.56 Å². The highest BCUT2D eigenvalue weighted by atomic mass is 16.3. The molecule has 0 unspecified atom stereocenters. The van der Waals surface area contributed by atoms with Crippen molar-refractivity contribution in [1.82, 2.24) is 0 Å². The van der Waals surface area contributed by atoms with Gasteiger partial charge in [0.05, 0.1) is 0 Å². The topological polar surface area (TPSA) is 20.2 Å². The molecule has 1 nitrogen and oxygen atoms in total. The number of aromatic hydroxyl groups is 1. The predicted molar refractivity (Wildman–Crippen MR) is 73.4 cm³/mol. The van der Waals surface area contributed by atoms with E-state index in [9.17, 15) is 5.11 Å². The second-order valence-corrected chi connectivity index (χ2v) is 5.07. The zero-order valence-corrected chi connectivity index (χ0v) is 10.6. The highest BCUT2D eigenvalue weighted by molar-refractivity contribution is 5.87. The lowest BCUT2D eigenvalue weighted by Gasteiger charge is -2.10. The van der Waals surface area contributed by atoms with Crippen LogP contribution < -0.4 is 0 Å². The first-order valence-electron chi connectivity index (χ1n) is 6.38. The van der Waals surface area contributed by atoms with Crippen molar-refractivity contribution >= 4 is 10.8 Å². The van der Waals surface area contributed by atoms with Crippen molar-refractivity contribution in [3.8, 4) is 5.75 Å². The van der Waals surface area contributed by atoms with Crippen LogP contribution in [0, 0.1) is 5.92 Å². The maximum absolute atomic E-state index is 9.97. The number of hydrogen-bond acceptors (Lipinski definition) is 1. The Bertz CT molecular complexity index is 500. The second-order valence-electron chi connectivity index (χ2n) is 5.07. The Morgan fingerprint density at radius 2 is 1.82 bits per heavy atom. The van der Waals surface area contributed by atoms with Gasteiger partial charge >= 0.3 is 0 Å². The summed E-state index contributed by atoms with van der Waals surface area (Å²) in [7, 11) is 0. The van der Waals surface area contributed by atoms with Gasteiger partial charge in [0.15, 0.2) is 0 Å². The summed E-state index contributed by atoms with van der Waals surface area (Å²) < 4.78 is 0. The van der Waals surface area contributed by atoms with Crippen molar-refractivity contribution in [3.63, 3.8) is 0 Å². The molecule has 0 saturated heterocycles. The van der Waals surface area contributed by atoms with Gasteiger partial charge in [0.2, 0.25) is 0 Å². The number of fused-ring (bicyclic) bond motifs is 1. The maximum atomic E-state index is 9.97. The van der Waals surface area contributed by atoms with Gasteiger partial charge in [-0.2, -0.15) is 0 Å². The molecule has 0 aliphatic heterocycles. The van der Waals surface area contributed by atoms with E-state index in [1.54, 1.807) is 0 Å². The van der Waals surface area contributed by atoms with E-state index >= 15 is 0 Å². The molecule has 0 radical (unpaired) electrons. The first kappa shape index (κ1) is 12.0. The Morgan fingerprint density at radius 1 is 1.06 bits per heavy atom. The monoisotopic (exact) mass is 228 g/mol. The molecule has 2 aromatic carbocycles. The van der Waals surface area contributed by atoms with E-state index in [1.165, 1.54) is 17.2 Å². The van der Waals surface area contributed by atoms with Gasteiger partial charge in [-0.15, -0.1) is 0 Å². The highest BCUT2D eigenvalue weighted by Gasteiger charge is 2.06. The smallest absolute Gasteiger partial charge is 0.119 e. The first-order valence-corrected chi connectivity index (χ1v) is 6.38. The van der Waals surface area contributed by atoms with Crippen LogP contribution in [0.25, 0.3) is 10.8 Å². The lowest BCUT2D eigenvalue weighted by molar-refractivity contribution is 0.465. The standard InChI is InChI=1S/C16H20O/c1-12(2)6-5-9-15-14-8-4-3-7-13(14)10-11-16(15)17/h3-4,7-8,10-12,17H,5-6,9H2,1-2H3. The average molecular weight is 228 g/mol. The molecule has 0 atom stereocenters. The molecule has 17 heavy (non-hydrogen) atoms. The zero-order chi connectivity index (χ0) is 12.3. The van der Waals surface area contributed by atoms with E-state index < -0.39 is 0 Å². The van der Waals surface area contributed by atoms with E-state index in [0.717, 1.165) is 24.3 Å².